The lowest BCUT2D eigenvalue weighted by molar-refractivity contribution is -0.683. The van der Waals surface area contributed by atoms with Gasteiger partial charge in [-0.25, -0.2) is 0 Å². The molecule has 4 heterocycles. The Morgan fingerprint density at radius 2 is 1.12 bits per heavy atom. The maximum atomic E-state index is 12.6. The van der Waals surface area contributed by atoms with Crippen LogP contribution in [0.5, 0.6) is 0 Å². The number of amides is 2. The molecule has 0 atom stereocenters. The van der Waals surface area contributed by atoms with E-state index in [1.807, 2.05) is 0 Å². The number of nitrogens with zero attached hydrogens (tertiary/aromatic N) is 4. The summed E-state index contributed by atoms with van der Waals surface area (Å²) in [7, 11) is 0. The van der Waals surface area contributed by atoms with Crippen molar-refractivity contribution in [2.24, 2.45) is 0 Å². The van der Waals surface area contributed by atoms with E-state index in [0.717, 1.165) is 22.7 Å². The first-order valence-corrected chi connectivity index (χ1v) is 13.0. The van der Waals surface area contributed by atoms with Gasteiger partial charge < -0.3 is 0 Å². The Morgan fingerprint density at radius 3 is 1.48 bits per heavy atom. The SMILES string of the molecule is O=C(NNC(=O)c1ccc[n+](CC(=O)c2cc([N+](=O)[O-])cs2)c1)c1ccc[n+](CC(=O)c2cc([N+](=O)[O-])cs2)c1. The normalized spacial score (nSPS) is 10.5. The molecule has 0 aliphatic rings. The molecule has 2 N–H and O–H groups in total. The van der Waals surface area contributed by atoms with E-state index >= 15 is 0 Å². The Hall–Kier alpha value is -5.22. The first-order chi connectivity index (χ1) is 19.1. The van der Waals surface area contributed by atoms with Crippen LogP contribution in [-0.2, 0) is 13.1 Å². The van der Waals surface area contributed by atoms with Crippen LogP contribution in [0.25, 0.3) is 0 Å². The Balaban J connectivity index is 1.34. The van der Waals surface area contributed by atoms with E-state index in [1.165, 1.54) is 68.7 Å². The number of ketones is 2. The van der Waals surface area contributed by atoms with E-state index in [4.69, 9.17) is 0 Å². The van der Waals surface area contributed by atoms with Gasteiger partial charge in [0.05, 0.1) is 30.4 Å². The molecule has 2 amide bonds. The highest BCUT2D eigenvalue weighted by Crippen LogP contribution is 2.22. The lowest BCUT2D eigenvalue weighted by atomic mass is 10.2. The largest absolute Gasteiger partial charge is 0.286 e. The second-order valence-corrected chi connectivity index (χ2v) is 9.96. The summed E-state index contributed by atoms with van der Waals surface area (Å²) in [5, 5.41) is 24.2. The second-order valence-electron chi connectivity index (χ2n) is 8.14. The Labute approximate surface area is 232 Å². The number of carbonyl (C=O) groups is 4. The van der Waals surface area contributed by atoms with E-state index in [1.54, 1.807) is 12.4 Å². The van der Waals surface area contributed by atoms with E-state index < -0.39 is 21.7 Å². The van der Waals surface area contributed by atoms with Crippen LogP contribution in [0.2, 0.25) is 0 Å². The number of nitrogens with one attached hydrogen (secondary N) is 2. The molecule has 4 aromatic heterocycles. The number of carbonyl (C=O) groups excluding carboxylic acids is 4. The minimum atomic E-state index is -0.666. The van der Waals surface area contributed by atoms with Crippen LogP contribution in [0.1, 0.15) is 40.1 Å². The monoisotopic (exact) mass is 582 g/mol. The standard InChI is InChI=1S/C24H16N6O8S2/c31-19(21-7-17(13-39-21)29(35)36)11-27-5-1-3-15(9-27)23(33)25-26-24(34)16-4-2-6-28(10-16)12-20(32)22-8-18(14-40-22)30(37)38/h1-10,13-14H,11-12H2/p+2. The van der Waals surface area contributed by atoms with Gasteiger partial charge in [-0.05, 0) is 12.1 Å². The average Bonchev–Trinajstić information content (AvgIpc) is 3.63. The Morgan fingerprint density at radius 1 is 0.725 bits per heavy atom. The van der Waals surface area contributed by atoms with Crippen molar-refractivity contribution in [3.8, 4) is 0 Å². The van der Waals surface area contributed by atoms with Gasteiger partial charge in [-0.2, -0.15) is 9.13 Å². The van der Waals surface area contributed by atoms with Crippen LogP contribution in [0.3, 0.4) is 0 Å². The zero-order chi connectivity index (χ0) is 28.8. The molecular formula is C24H18N6O8S2+2. The highest BCUT2D eigenvalue weighted by atomic mass is 32.1. The fourth-order valence-electron chi connectivity index (χ4n) is 3.39. The Bertz CT molecular complexity index is 1540. The lowest BCUT2D eigenvalue weighted by Crippen LogP contribution is -2.44. The molecule has 0 aliphatic carbocycles. The van der Waals surface area contributed by atoms with Gasteiger partial charge in [0.1, 0.15) is 11.1 Å². The highest BCUT2D eigenvalue weighted by Gasteiger charge is 2.21. The summed E-state index contributed by atoms with van der Waals surface area (Å²) in [4.78, 5) is 71.0. The summed E-state index contributed by atoms with van der Waals surface area (Å²) in [5.41, 5.74) is 4.47. The maximum absolute atomic E-state index is 12.6. The van der Waals surface area contributed by atoms with Crippen molar-refractivity contribution in [3.05, 3.63) is 113 Å². The number of Topliss-reactive ketones (excluding diaryl/α,β-unsaturated/α-hetero) is 2. The molecule has 14 nitrogen and oxygen atoms in total. The Kier molecular flexibility index (Phi) is 8.41. The van der Waals surface area contributed by atoms with Gasteiger partial charge in [0.2, 0.25) is 24.7 Å². The van der Waals surface area contributed by atoms with Crippen LogP contribution in [0.4, 0.5) is 11.4 Å². The highest BCUT2D eigenvalue weighted by molar-refractivity contribution is 7.12. The molecule has 0 spiro atoms. The predicted octanol–water partition coefficient (Wildman–Crippen LogP) is 2.04. The summed E-state index contributed by atoms with van der Waals surface area (Å²) in [6.07, 6.45) is 5.87. The third-order valence-corrected chi connectivity index (χ3v) is 7.24. The molecular weight excluding hydrogens is 564 g/mol. The van der Waals surface area contributed by atoms with Gasteiger partial charge in [0.25, 0.3) is 23.2 Å². The number of hydrogen-bond acceptors (Lipinski definition) is 10. The molecule has 4 rings (SSSR count). The van der Waals surface area contributed by atoms with E-state index in [9.17, 15) is 39.4 Å². The van der Waals surface area contributed by atoms with Crippen molar-refractivity contribution in [2.45, 2.75) is 13.1 Å². The van der Waals surface area contributed by atoms with E-state index in [2.05, 4.69) is 10.9 Å². The summed E-state index contributed by atoms with van der Waals surface area (Å²) in [5.74, 6) is -2.08. The first-order valence-electron chi connectivity index (χ1n) is 11.2. The third-order valence-electron chi connectivity index (χ3n) is 5.33. The molecule has 0 fully saturated rings. The van der Waals surface area contributed by atoms with Gasteiger partial charge in [-0.3, -0.25) is 50.3 Å². The summed E-state index contributed by atoms with van der Waals surface area (Å²) >= 11 is 1.91. The lowest BCUT2D eigenvalue weighted by Gasteiger charge is -2.06. The van der Waals surface area contributed by atoms with Crippen LogP contribution in [0.15, 0.2) is 71.9 Å². The topological polar surface area (TPSA) is 186 Å². The van der Waals surface area contributed by atoms with Crippen molar-refractivity contribution in [3.63, 3.8) is 0 Å². The fraction of sp³-hybridized carbons (Fsp3) is 0.0833. The number of pyridine rings is 2. The number of thiophene rings is 2. The van der Waals surface area contributed by atoms with Crippen molar-refractivity contribution in [1.29, 1.82) is 0 Å². The van der Waals surface area contributed by atoms with Crippen molar-refractivity contribution in [1.82, 2.24) is 10.9 Å². The second kappa shape index (κ2) is 12.1. The minimum Gasteiger partial charge on any atom is -0.286 e. The van der Waals surface area contributed by atoms with Gasteiger partial charge in [-0.1, -0.05) is 0 Å². The number of hydrogen-bond donors (Lipinski definition) is 2. The summed E-state index contributed by atoms with van der Waals surface area (Å²) in [6, 6.07) is 8.37. The number of nitro groups is 2. The number of hydrazine groups is 1. The quantitative estimate of drug-likeness (QED) is 0.123. The minimum absolute atomic E-state index is 0.131. The van der Waals surface area contributed by atoms with Gasteiger partial charge >= 0.3 is 0 Å². The molecule has 0 aliphatic heterocycles. The zero-order valence-electron chi connectivity index (χ0n) is 20.2. The predicted molar refractivity (Wildman–Crippen MR) is 139 cm³/mol. The molecule has 0 aromatic carbocycles. The molecule has 0 saturated carbocycles. The first kappa shape index (κ1) is 27.8. The fourth-order valence-corrected chi connectivity index (χ4v) is 4.96. The summed E-state index contributed by atoms with van der Waals surface area (Å²) in [6.45, 7) is -0.320. The average molecular weight is 583 g/mol. The summed E-state index contributed by atoms with van der Waals surface area (Å²) < 4.78 is 2.87. The van der Waals surface area contributed by atoms with Crippen LogP contribution < -0.4 is 20.0 Å². The van der Waals surface area contributed by atoms with Gasteiger partial charge in [0.15, 0.2) is 24.8 Å². The van der Waals surface area contributed by atoms with Crippen LogP contribution >= 0.6 is 22.7 Å². The smallest absolute Gasteiger partial charge is 0.280 e. The van der Waals surface area contributed by atoms with Crippen LogP contribution in [-0.4, -0.2) is 33.2 Å². The molecule has 0 bridgehead atoms. The zero-order valence-corrected chi connectivity index (χ0v) is 21.8. The molecule has 202 valence electrons. The number of aromatic nitrogens is 2. The van der Waals surface area contributed by atoms with Gasteiger partial charge in [0, 0.05) is 24.3 Å². The van der Waals surface area contributed by atoms with Crippen LogP contribution in [0, 0.1) is 20.2 Å². The van der Waals surface area contributed by atoms with Crippen molar-refractivity contribution < 1.29 is 38.2 Å². The number of rotatable bonds is 10. The van der Waals surface area contributed by atoms with E-state index in [0.29, 0.717) is 0 Å². The molecule has 4 aromatic rings. The van der Waals surface area contributed by atoms with Crippen molar-refractivity contribution >= 4 is 57.4 Å². The van der Waals surface area contributed by atoms with Gasteiger partial charge in [-0.15, -0.1) is 22.7 Å². The maximum Gasteiger partial charge on any atom is 0.280 e. The third kappa shape index (κ3) is 6.80. The molecule has 0 unspecified atom stereocenters. The molecule has 40 heavy (non-hydrogen) atoms. The molecule has 0 radical (unpaired) electrons. The molecule has 16 heteroatoms. The van der Waals surface area contributed by atoms with Crippen molar-refractivity contribution in [2.75, 3.05) is 0 Å². The molecule has 0 saturated heterocycles. The van der Waals surface area contributed by atoms with E-state index in [-0.39, 0.29) is 56.9 Å².